The number of benzene rings is 1. The first-order valence-corrected chi connectivity index (χ1v) is 5.95. The van der Waals surface area contributed by atoms with Crippen molar-refractivity contribution < 1.29 is 5.21 Å². The lowest BCUT2D eigenvalue weighted by Crippen LogP contribution is -2.42. The van der Waals surface area contributed by atoms with Crippen LogP contribution < -0.4 is 11.1 Å². The molecule has 0 amide bonds. The van der Waals surface area contributed by atoms with Crippen LogP contribution in [0.3, 0.4) is 0 Å². The summed E-state index contributed by atoms with van der Waals surface area (Å²) in [6.45, 7) is 3.96. The number of nitrogens with two attached hydrogens (primary N) is 1. The van der Waals surface area contributed by atoms with Crippen LogP contribution in [0.2, 0.25) is 5.02 Å². The molecule has 2 unspecified atom stereocenters. The molecule has 0 spiro atoms. The molecule has 17 heavy (non-hydrogen) atoms. The molecule has 0 heterocycles. The summed E-state index contributed by atoms with van der Waals surface area (Å²) >= 11 is 6.11. The van der Waals surface area contributed by atoms with Crippen LogP contribution in [0.25, 0.3) is 0 Å². The highest BCUT2D eigenvalue weighted by molar-refractivity contribution is 6.31. The van der Waals surface area contributed by atoms with Gasteiger partial charge in [0, 0.05) is 11.1 Å². The van der Waals surface area contributed by atoms with E-state index in [2.05, 4.69) is 10.5 Å². The van der Waals surface area contributed by atoms with Gasteiger partial charge in [-0.3, -0.25) is 0 Å². The normalized spacial score (nSPS) is 15.6. The van der Waals surface area contributed by atoms with Crippen LogP contribution in [-0.4, -0.2) is 17.1 Å². The van der Waals surface area contributed by atoms with Crippen molar-refractivity contribution in [1.82, 2.24) is 5.32 Å². The van der Waals surface area contributed by atoms with Crippen LogP contribution in [0.1, 0.15) is 31.9 Å². The number of nitrogens with zero attached hydrogens (tertiary/aromatic N) is 1. The van der Waals surface area contributed by atoms with Gasteiger partial charge in [-0.1, -0.05) is 41.9 Å². The second kappa shape index (κ2) is 6.47. The third kappa shape index (κ3) is 3.61. The summed E-state index contributed by atoms with van der Waals surface area (Å²) < 4.78 is 0. The Morgan fingerprint density at radius 1 is 1.53 bits per heavy atom. The Balaban J connectivity index is 2.78. The number of hydrogen-bond donors (Lipinski definition) is 3. The average Bonchev–Trinajstić information content (AvgIpc) is 2.35. The molecule has 1 aromatic rings. The lowest BCUT2D eigenvalue weighted by atomic mass is 10.1. The highest BCUT2D eigenvalue weighted by Gasteiger charge is 2.16. The van der Waals surface area contributed by atoms with Gasteiger partial charge in [-0.15, -0.1) is 0 Å². The first kappa shape index (κ1) is 13.8. The number of halogens is 1. The van der Waals surface area contributed by atoms with Crippen LogP contribution in [0.4, 0.5) is 0 Å². The van der Waals surface area contributed by atoms with E-state index in [1.165, 1.54) is 0 Å². The Labute approximate surface area is 106 Å². The molecule has 0 bridgehead atoms. The van der Waals surface area contributed by atoms with Crippen LogP contribution in [0.15, 0.2) is 29.4 Å². The molecule has 2 atom stereocenters. The van der Waals surface area contributed by atoms with Crippen LogP contribution >= 0.6 is 11.6 Å². The first-order valence-electron chi connectivity index (χ1n) is 5.58. The highest BCUT2D eigenvalue weighted by atomic mass is 35.5. The van der Waals surface area contributed by atoms with Gasteiger partial charge in [-0.05, 0) is 25.0 Å². The average molecular weight is 256 g/mol. The molecule has 0 radical (unpaired) electrons. The summed E-state index contributed by atoms with van der Waals surface area (Å²) in [4.78, 5) is 0. The molecule has 1 rings (SSSR count). The third-order valence-electron chi connectivity index (χ3n) is 2.70. The van der Waals surface area contributed by atoms with Gasteiger partial charge in [0.25, 0.3) is 0 Å². The molecule has 4 N–H and O–H groups in total. The number of amidine groups is 1. The van der Waals surface area contributed by atoms with E-state index in [0.29, 0.717) is 5.02 Å². The van der Waals surface area contributed by atoms with Crippen molar-refractivity contribution in [2.45, 2.75) is 32.4 Å². The van der Waals surface area contributed by atoms with Crippen molar-refractivity contribution in [1.29, 1.82) is 0 Å². The molecule has 4 nitrogen and oxygen atoms in total. The Bertz CT molecular complexity index is 395. The standard InChI is InChI=1S/C12H18ClN3O/c1-3-11(12(14)16-17)15-8(2)9-6-4-5-7-10(9)13/h4-8,11,15,17H,3H2,1-2H3,(H2,14,16). The minimum absolute atomic E-state index is 0.0361. The minimum atomic E-state index is -0.161. The lowest BCUT2D eigenvalue weighted by molar-refractivity contribution is 0.313. The molecule has 94 valence electrons. The Kier molecular flexibility index (Phi) is 5.25. The second-order valence-electron chi connectivity index (χ2n) is 3.90. The number of hydrogen-bond acceptors (Lipinski definition) is 3. The van der Waals surface area contributed by atoms with Gasteiger partial charge in [0.1, 0.15) is 0 Å². The molecule has 1 aromatic carbocycles. The Morgan fingerprint density at radius 2 is 2.18 bits per heavy atom. The molecule has 0 aliphatic heterocycles. The largest absolute Gasteiger partial charge is 0.409 e. The summed E-state index contributed by atoms with van der Waals surface area (Å²) in [6, 6.07) is 7.50. The molecule has 0 saturated carbocycles. The second-order valence-corrected chi connectivity index (χ2v) is 4.30. The minimum Gasteiger partial charge on any atom is -0.409 e. The summed E-state index contributed by atoms with van der Waals surface area (Å²) in [5, 5.41) is 15.7. The zero-order chi connectivity index (χ0) is 12.8. The Morgan fingerprint density at radius 3 is 2.71 bits per heavy atom. The van der Waals surface area contributed by atoms with E-state index in [4.69, 9.17) is 22.5 Å². The van der Waals surface area contributed by atoms with Gasteiger partial charge < -0.3 is 16.3 Å². The number of nitrogens with one attached hydrogen (secondary N) is 1. The first-order chi connectivity index (χ1) is 8.10. The van der Waals surface area contributed by atoms with E-state index in [-0.39, 0.29) is 17.9 Å². The molecular weight excluding hydrogens is 238 g/mol. The fourth-order valence-electron chi connectivity index (χ4n) is 1.70. The molecule has 0 saturated heterocycles. The molecule has 0 aliphatic carbocycles. The van der Waals surface area contributed by atoms with Gasteiger partial charge in [0.15, 0.2) is 5.84 Å². The van der Waals surface area contributed by atoms with Crippen molar-refractivity contribution in [2.24, 2.45) is 10.9 Å². The van der Waals surface area contributed by atoms with E-state index < -0.39 is 0 Å². The van der Waals surface area contributed by atoms with Crippen molar-refractivity contribution in [3.05, 3.63) is 34.9 Å². The van der Waals surface area contributed by atoms with Crippen LogP contribution in [0, 0.1) is 0 Å². The maximum Gasteiger partial charge on any atom is 0.156 e. The van der Waals surface area contributed by atoms with E-state index in [9.17, 15) is 0 Å². The smallest absolute Gasteiger partial charge is 0.156 e. The molecular formula is C12H18ClN3O. The molecule has 0 fully saturated rings. The van der Waals surface area contributed by atoms with Gasteiger partial charge in [0.2, 0.25) is 0 Å². The predicted octanol–water partition coefficient (Wildman–Crippen LogP) is 2.52. The van der Waals surface area contributed by atoms with Gasteiger partial charge in [0.05, 0.1) is 6.04 Å². The summed E-state index contributed by atoms with van der Waals surface area (Å²) in [5.74, 6) is 0.186. The molecule has 0 aliphatic rings. The molecule has 0 aromatic heterocycles. The van der Waals surface area contributed by atoms with Crippen molar-refractivity contribution in [3.63, 3.8) is 0 Å². The zero-order valence-corrected chi connectivity index (χ0v) is 10.8. The van der Waals surface area contributed by atoms with Gasteiger partial charge >= 0.3 is 0 Å². The van der Waals surface area contributed by atoms with E-state index in [1.807, 2.05) is 38.1 Å². The van der Waals surface area contributed by atoms with Crippen molar-refractivity contribution in [3.8, 4) is 0 Å². The fraction of sp³-hybridized carbons (Fsp3) is 0.417. The number of rotatable bonds is 5. The van der Waals surface area contributed by atoms with E-state index in [1.54, 1.807) is 0 Å². The zero-order valence-electron chi connectivity index (χ0n) is 10.0. The summed E-state index contributed by atoms with van der Waals surface area (Å²) in [6.07, 6.45) is 0.741. The number of oxime groups is 1. The van der Waals surface area contributed by atoms with Crippen LogP contribution in [-0.2, 0) is 0 Å². The monoisotopic (exact) mass is 255 g/mol. The predicted molar refractivity (Wildman–Crippen MR) is 70.5 cm³/mol. The fourth-order valence-corrected chi connectivity index (χ4v) is 2.00. The maximum absolute atomic E-state index is 8.67. The quantitative estimate of drug-likeness (QED) is 0.328. The van der Waals surface area contributed by atoms with E-state index in [0.717, 1.165) is 12.0 Å². The SMILES string of the molecule is CCC(NC(C)c1ccccc1Cl)C(N)=NO. The topological polar surface area (TPSA) is 70.6 Å². The highest BCUT2D eigenvalue weighted by Crippen LogP contribution is 2.22. The lowest BCUT2D eigenvalue weighted by Gasteiger charge is -2.22. The van der Waals surface area contributed by atoms with Gasteiger partial charge in [-0.25, -0.2) is 0 Å². The Hall–Kier alpha value is -1.26. The third-order valence-corrected chi connectivity index (χ3v) is 3.05. The van der Waals surface area contributed by atoms with Crippen LogP contribution in [0.5, 0.6) is 0 Å². The summed E-state index contributed by atoms with van der Waals surface area (Å²) in [7, 11) is 0. The maximum atomic E-state index is 8.67. The van der Waals surface area contributed by atoms with Crippen molar-refractivity contribution in [2.75, 3.05) is 0 Å². The molecule has 5 heteroatoms. The van der Waals surface area contributed by atoms with Gasteiger partial charge in [-0.2, -0.15) is 0 Å². The van der Waals surface area contributed by atoms with E-state index >= 15 is 0 Å². The van der Waals surface area contributed by atoms with Crippen molar-refractivity contribution >= 4 is 17.4 Å². The summed E-state index contributed by atoms with van der Waals surface area (Å²) in [5.41, 5.74) is 6.60.